The molecule has 4 aromatic rings. The summed E-state index contributed by atoms with van der Waals surface area (Å²) >= 11 is 0. The summed E-state index contributed by atoms with van der Waals surface area (Å²) in [6.45, 7) is 0.210. The maximum atomic E-state index is 13.2. The molecule has 8 heteroatoms. The topological polar surface area (TPSA) is 96.4 Å². The van der Waals surface area contributed by atoms with Gasteiger partial charge in [-0.3, -0.25) is 4.90 Å². The molecule has 1 atom stereocenters. The number of rotatable bonds is 5. The molecule has 1 heterocycles. The molecular weight excluding hydrogens is 544 g/mol. The molecule has 0 radical (unpaired) electrons. The monoisotopic (exact) mass is 574 g/mol. The Hall–Kier alpha value is -5.11. The first-order valence-electron chi connectivity index (χ1n) is 14.5. The zero-order valence-electron chi connectivity index (χ0n) is 23.4. The van der Waals surface area contributed by atoms with Crippen LogP contribution in [0.3, 0.4) is 0 Å². The van der Waals surface area contributed by atoms with Crippen molar-refractivity contribution in [2.24, 2.45) is 0 Å². The van der Waals surface area contributed by atoms with Crippen molar-refractivity contribution >= 4 is 18.2 Å². The minimum atomic E-state index is -1.25. The summed E-state index contributed by atoms with van der Waals surface area (Å²) in [5, 5.41) is 9.99. The van der Waals surface area contributed by atoms with E-state index in [2.05, 4.69) is 24.3 Å². The van der Waals surface area contributed by atoms with E-state index in [0.29, 0.717) is 0 Å². The predicted octanol–water partition coefficient (Wildman–Crippen LogP) is 5.96. The van der Waals surface area contributed by atoms with Crippen molar-refractivity contribution in [2.45, 2.75) is 17.9 Å². The van der Waals surface area contributed by atoms with Crippen LogP contribution in [0.1, 0.15) is 34.1 Å². The highest BCUT2D eigenvalue weighted by atomic mass is 16.6. The van der Waals surface area contributed by atoms with Gasteiger partial charge in [-0.2, -0.15) is 0 Å². The molecule has 1 fully saturated rings. The molecule has 0 bridgehead atoms. The van der Waals surface area contributed by atoms with Gasteiger partial charge in [0.25, 0.3) is 0 Å². The second kappa shape index (κ2) is 10.9. The maximum Gasteiger partial charge on any atom is 0.410 e. The highest BCUT2D eigenvalue weighted by molar-refractivity contribution is 5.83. The van der Waals surface area contributed by atoms with Crippen LogP contribution < -0.4 is 0 Å². The molecule has 1 aliphatic heterocycles. The van der Waals surface area contributed by atoms with Gasteiger partial charge in [-0.25, -0.2) is 14.4 Å². The summed E-state index contributed by atoms with van der Waals surface area (Å²) < 4.78 is 11.5. The molecule has 2 aliphatic carbocycles. The Labute approximate surface area is 249 Å². The van der Waals surface area contributed by atoms with Crippen LogP contribution in [0.25, 0.3) is 22.3 Å². The molecule has 3 aliphatic rings. The van der Waals surface area contributed by atoms with Crippen molar-refractivity contribution in [1.82, 2.24) is 9.80 Å². The molecule has 0 spiro atoms. The van der Waals surface area contributed by atoms with Gasteiger partial charge in [0.05, 0.1) is 6.54 Å². The molecule has 1 unspecified atom stereocenters. The third kappa shape index (κ3) is 4.69. The summed E-state index contributed by atoms with van der Waals surface area (Å²) in [6.07, 6.45) is -1.30. The largest absolute Gasteiger partial charge is 0.480 e. The van der Waals surface area contributed by atoms with E-state index >= 15 is 0 Å². The van der Waals surface area contributed by atoms with Crippen LogP contribution in [0.5, 0.6) is 0 Å². The first-order valence-corrected chi connectivity index (χ1v) is 14.5. The van der Waals surface area contributed by atoms with Gasteiger partial charge in [-0.1, -0.05) is 97.1 Å². The summed E-state index contributed by atoms with van der Waals surface area (Å²) in [4.78, 5) is 41.1. The van der Waals surface area contributed by atoms with Crippen LogP contribution in [-0.2, 0) is 14.3 Å². The number of hydrogen-bond acceptors (Lipinski definition) is 5. The smallest absolute Gasteiger partial charge is 0.410 e. The van der Waals surface area contributed by atoms with E-state index < -0.39 is 24.2 Å². The minimum Gasteiger partial charge on any atom is -0.480 e. The van der Waals surface area contributed by atoms with Gasteiger partial charge < -0.3 is 19.5 Å². The van der Waals surface area contributed by atoms with Crippen LogP contribution in [0.4, 0.5) is 9.59 Å². The van der Waals surface area contributed by atoms with Crippen LogP contribution in [0.15, 0.2) is 97.1 Å². The molecule has 7 rings (SSSR count). The Kier molecular flexibility index (Phi) is 6.81. The van der Waals surface area contributed by atoms with Gasteiger partial charge >= 0.3 is 18.2 Å². The molecule has 216 valence electrons. The Morgan fingerprint density at radius 1 is 0.605 bits per heavy atom. The zero-order chi connectivity index (χ0) is 29.5. The number of nitrogens with zero attached hydrogens (tertiary/aromatic N) is 2. The van der Waals surface area contributed by atoms with E-state index in [1.54, 1.807) is 0 Å². The summed E-state index contributed by atoms with van der Waals surface area (Å²) in [5.74, 6) is -1.44. The number of hydrogen-bond donors (Lipinski definition) is 1. The first-order chi connectivity index (χ1) is 21.0. The van der Waals surface area contributed by atoms with Gasteiger partial charge in [0.15, 0.2) is 6.04 Å². The number of piperazine rings is 1. The highest BCUT2D eigenvalue weighted by Gasteiger charge is 2.40. The number of carbonyl (C=O) groups excluding carboxylic acids is 2. The number of benzene rings is 4. The fraction of sp³-hybridized carbons (Fsp3) is 0.229. The summed E-state index contributed by atoms with van der Waals surface area (Å²) in [6, 6.07) is 31.0. The number of amides is 2. The lowest BCUT2D eigenvalue weighted by molar-refractivity contribution is -0.144. The fourth-order valence-corrected chi connectivity index (χ4v) is 6.74. The van der Waals surface area contributed by atoms with Crippen LogP contribution in [-0.4, -0.2) is 72.0 Å². The van der Waals surface area contributed by atoms with Gasteiger partial charge in [-0.05, 0) is 44.5 Å². The lowest BCUT2D eigenvalue weighted by atomic mass is 9.98. The third-order valence-corrected chi connectivity index (χ3v) is 8.83. The quantitative estimate of drug-likeness (QED) is 0.316. The molecule has 0 aromatic heterocycles. The molecule has 1 N–H and O–H groups in total. The van der Waals surface area contributed by atoms with Crippen LogP contribution >= 0.6 is 0 Å². The van der Waals surface area contributed by atoms with E-state index in [0.717, 1.165) is 44.5 Å². The zero-order valence-corrected chi connectivity index (χ0v) is 23.4. The van der Waals surface area contributed by atoms with Crippen molar-refractivity contribution in [1.29, 1.82) is 0 Å². The molecule has 4 aromatic carbocycles. The summed E-state index contributed by atoms with van der Waals surface area (Å²) in [5.41, 5.74) is 8.82. The third-order valence-electron chi connectivity index (χ3n) is 8.83. The van der Waals surface area contributed by atoms with E-state index in [4.69, 9.17) is 9.47 Å². The number of aliphatic carboxylic acids is 1. The van der Waals surface area contributed by atoms with E-state index in [1.807, 2.05) is 72.8 Å². The van der Waals surface area contributed by atoms with Crippen molar-refractivity contribution < 1.29 is 29.0 Å². The number of carboxylic acids is 1. The lowest BCUT2D eigenvalue weighted by Gasteiger charge is -2.38. The Morgan fingerprint density at radius 3 is 1.42 bits per heavy atom. The van der Waals surface area contributed by atoms with Gasteiger partial charge in [-0.15, -0.1) is 0 Å². The van der Waals surface area contributed by atoms with Crippen molar-refractivity contribution in [3.8, 4) is 22.3 Å². The predicted molar refractivity (Wildman–Crippen MR) is 160 cm³/mol. The molecule has 1 saturated heterocycles. The Morgan fingerprint density at radius 2 is 1.00 bits per heavy atom. The average molecular weight is 575 g/mol. The molecule has 43 heavy (non-hydrogen) atoms. The molecular formula is C35H30N2O6. The van der Waals surface area contributed by atoms with Crippen molar-refractivity contribution in [2.75, 3.05) is 32.8 Å². The van der Waals surface area contributed by atoms with Gasteiger partial charge in [0.2, 0.25) is 0 Å². The SMILES string of the molecule is O=C(O)C1CN(C(=O)OCC2c3ccccc3-c3ccccc32)CCN1C(=O)OCC1c2ccccc2-c2ccccc21. The first kappa shape index (κ1) is 26.8. The fourth-order valence-electron chi connectivity index (χ4n) is 6.74. The number of carboxylic acid groups (broad SMARTS) is 1. The van der Waals surface area contributed by atoms with E-state index in [9.17, 15) is 19.5 Å². The van der Waals surface area contributed by atoms with Gasteiger partial charge in [0.1, 0.15) is 13.2 Å². The second-order valence-electron chi connectivity index (χ2n) is 11.1. The lowest BCUT2D eigenvalue weighted by Crippen LogP contribution is -2.59. The Balaban J connectivity index is 0.998. The maximum absolute atomic E-state index is 13.2. The number of ether oxygens (including phenoxy) is 2. The number of fused-ring (bicyclic) bond motifs is 6. The van der Waals surface area contributed by atoms with E-state index in [-0.39, 0.29) is 44.7 Å². The normalized spacial score (nSPS) is 17.1. The number of carbonyl (C=O) groups is 3. The molecule has 0 saturated carbocycles. The van der Waals surface area contributed by atoms with Crippen molar-refractivity contribution in [3.05, 3.63) is 119 Å². The Bertz CT molecular complexity index is 1640. The van der Waals surface area contributed by atoms with E-state index in [1.165, 1.54) is 9.80 Å². The van der Waals surface area contributed by atoms with Gasteiger partial charge in [0, 0.05) is 24.9 Å². The molecule has 8 nitrogen and oxygen atoms in total. The standard InChI is InChI=1S/C35H30N2O6/c38-33(39)32-19-36(34(40)42-20-30-26-13-5-1-9-22(26)23-10-2-6-14-27(23)30)17-18-37(32)35(41)43-21-31-28-15-7-3-11-24(28)25-12-4-8-16-29(25)31/h1-16,30-32H,17-21H2,(H,38,39). The van der Waals surface area contributed by atoms with Crippen molar-refractivity contribution in [3.63, 3.8) is 0 Å². The average Bonchev–Trinajstić information content (AvgIpc) is 3.54. The second-order valence-corrected chi connectivity index (χ2v) is 11.1. The summed E-state index contributed by atoms with van der Waals surface area (Å²) in [7, 11) is 0. The van der Waals surface area contributed by atoms with Crippen LogP contribution in [0, 0.1) is 0 Å². The minimum absolute atomic E-state index is 0.0256. The molecule has 2 amide bonds. The van der Waals surface area contributed by atoms with Crippen LogP contribution in [0.2, 0.25) is 0 Å². The highest BCUT2D eigenvalue weighted by Crippen LogP contribution is 2.45.